The maximum absolute atomic E-state index is 11.8. The van der Waals surface area contributed by atoms with Crippen LogP contribution in [0.25, 0.3) is 0 Å². The van der Waals surface area contributed by atoms with Gasteiger partial charge in [0.25, 0.3) is 0 Å². The number of hydrogen-bond acceptors (Lipinski definition) is 3. The zero-order valence-corrected chi connectivity index (χ0v) is 14.4. The summed E-state index contributed by atoms with van der Waals surface area (Å²) in [6.45, 7) is 6.26. The zero-order chi connectivity index (χ0) is 15.6. The molecule has 1 aromatic rings. The van der Waals surface area contributed by atoms with Crippen molar-refractivity contribution in [3.63, 3.8) is 0 Å². The summed E-state index contributed by atoms with van der Waals surface area (Å²) in [6.07, 6.45) is 3.12. The van der Waals surface area contributed by atoms with Crippen LogP contribution in [0.4, 0.5) is 0 Å². The number of thioether (sulfide) groups is 1. The molecular formula is C18H28N2OS. The molecule has 0 radical (unpaired) electrons. The molecule has 1 N–H and O–H groups in total. The average molecular weight is 321 g/mol. The van der Waals surface area contributed by atoms with Crippen LogP contribution >= 0.6 is 11.8 Å². The van der Waals surface area contributed by atoms with Gasteiger partial charge in [-0.15, -0.1) is 0 Å². The first-order chi connectivity index (χ1) is 10.8. The molecule has 1 aromatic carbocycles. The Balaban J connectivity index is 1.68. The molecule has 1 heterocycles. The summed E-state index contributed by atoms with van der Waals surface area (Å²) in [5, 5.41) is 3.12. The van der Waals surface area contributed by atoms with E-state index in [0.29, 0.717) is 12.3 Å². The number of benzene rings is 1. The quantitative estimate of drug-likeness (QED) is 0.747. The number of piperidine rings is 1. The summed E-state index contributed by atoms with van der Waals surface area (Å²) in [4.78, 5) is 14.3. The first-order valence-electron chi connectivity index (χ1n) is 8.38. The molecule has 1 amide bonds. The number of carbonyl (C=O) groups is 1. The van der Waals surface area contributed by atoms with Crippen molar-refractivity contribution >= 4 is 17.7 Å². The van der Waals surface area contributed by atoms with Crippen molar-refractivity contribution in [3.05, 3.63) is 35.9 Å². The second-order valence-electron chi connectivity index (χ2n) is 5.98. The smallest absolute Gasteiger partial charge is 0.220 e. The predicted octanol–water partition coefficient (Wildman–Crippen LogP) is 3.16. The number of amides is 1. The van der Waals surface area contributed by atoms with Gasteiger partial charge in [0.15, 0.2) is 0 Å². The second-order valence-corrected chi connectivity index (χ2v) is 7.37. The van der Waals surface area contributed by atoms with Crippen LogP contribution in [0.2, 0.25) is 0 Å². The summed E-state index contributed by atoms with van der Waals surface area (Å²) >= 11 is 1.83. The summed E-state index contributed by atoms with van der Waals surface area (Å²) in [5.74, 6) is 2.83. The van der Waals surface area contributed by atoms with Gasteiger partial charge in [0.1, 0.15) is 0 Å². The van der Waals surface area contributed by atoms with E-state index in [-0.39, 0.29) is 5.91 Å². The summed E-state index contributed by atoms with van der Waals surface area (Å²) in [6, 6.07) is 10.7. The lowest BCUT2D eigenvalue weighted by Crippen LogP contribution is -2.40. The molecule has 0 aromatic heterocycles. The lowest BCUT2D eigenvalue weighted by Gasteiger charge is -2.32. The molecule has 2 rings (SSSR count). The third kappa shape index (κ3) is 6.41. The molecule has 1 atom stereocenters. The maximum Gasteiger partial charge on any atom is 0.220 e. The Bertz CT molecular complexity index is 438. The van der Waals surface area contributed by atoms with Crippen molar-refractivity contribution in [1.29, 1.82) is 0 Å². The minimum atomic E-state index is 0.209. The number of nitrogens with one attached hydrogen (secondary N) is 1. The van der Waals surface area contributed by atoms with Gasteiger partial charge in [0.2, 0.25) is 5.91 Å². The predicted molar refractivity (Wildman–Crippen MR) is 95.1 cm³/mol. The number of hydrogen-bond donors (Lipinski definition) is 1. The van der Waals surface area contributed by atoms with Crippen LogP contribution in [0, 0.1) is 5.92 Å². The second kappa shape index (κ2) is 9.90. The minimum Gasteiger partial charge on any atom is -0.356 e. The molecule has 4 heteroatoms. The van der Waals surface area contributed by atoms with Gasteiger partial charge in [-0.1, -0.05) is 37.3 Å². The van der Waals surface area contributed by atoms with E-state index in [2.05, 4.69) is 47.5 Å². The largest absolute Gasteiger partial charge is 0.356 e. The van der Waals surface area contributed by atoms with Crippen LogP contribution in [0.3, 0.4) is 0 Å². The van der Waals surface area contributed by atoms with Crippen molar-refractivity contribution in [3.8, 4) is 0 Å². The fraction of sp³-hybridized carbons (Fsp3) is 0.611. The Morgan fingerprint density at radius 2 is 2.18 bits per heavy atom. The van der Waals surface area contributed by atoms with Crippen LogP contribution in [0.1, 0.15) is 31.7 Å². The Labute approximate surface area is 138 Å². The molecule has 0 bridgehead atoms. The molecular weight excluding hydrogens is 292 g/mol. The van der Waals surface area contributed by atoms with Gasteiger partial charge in [0, 0.05) is 31.8 Å². The molecule has 1 aliphatic heterocycles. The molecule has 122 valence electrons. The highest BCUT2D eigenvalue weighted by Gasteiger charge is 2.20. The van der Waals surface area contributed by atoms with Crippen LogP contribution in [0.15, 0.2) is 30.3 Å². The fourth-order valence-electron chi connectivity index (χ4n) is 2.96. The van der Waals surface area contributed by atoms with Crippen molar-refractivity contribution in [2.45, 2.75) is 32.7 Å². The molecule has 22 heavy (non-hydrogen) atoms. The van der Waals surface area contributed by atoms with E-state index in [1.54, 1.807) is 0 Å². The van der Waals surface area contributed by atoms with Crippen molar-refractivity contribution < 1.29 is 4.79 Å². The van der Waals surface area contributed by atoms with Gasteiger partial charge in [-0.2, -0.15) is 11.8 Å². The van der Waals surface area contributed by atoms with Crippen LogP contribution in [0.5, 0.6) is 0 Å². The Morgan fingerprint density at radius 3 is 2.95 bits per heavy atom. The van der Waals surface area contributed by atoms with Crippen molar-refractivity contribution in [2.24, 2.45) is 5.92 Å². The molecule has 3 nitrogen and oxygen atoms in total. The first-order valence-corrected chi connectivity index (χ1v) is 9.54. The summed E-state index contributed by atoms with van der Waals surface area (Å²) < 4.78 is 0. The van der Waals surface area contributed by atoms with E-state index in [1.807, 2.05) is 11.8 Å². The Morgan fingerprint density at radius 1 is 1.36 bits per heavy atom. The summed E-state index contributed by atoms with van der Waals surface area (Å²) in [7, 11) is 0. The van der Waals surface area contributed by atoms with Gasteiger partial charge in [-0.25, -0.2) is 0 Å². The van der Waals surface area contributed by atoms with E-state index in [9.17, 15) is 4.79 Å². The molecule has 1 saturated heterocycles. The first kappa shape index (κ1) is 17.4. The normalized spacial score (nSPS) is 19.0. The topological polar surface area (TPSA) is 32.3 Å². The van der Waals surface area contributed by atoms with Crippen molar-refractivity contribution in [1.82, 2.24) is 10.2 Å². The minimum absolute atomic E-state index is 0.209. The van der Waals surface area contributed by atoms with Crippen LogP contribution < -0.4 is 5.32 Å². The number of nitrogens with zero attached hydrogens (tertiary/aromatic N) is 1. The molecule has 0 saturated carbocycles. The number of rotatable bonds is 8. The fourth-order valence-corrected chi connectivity index (χ4v) is 3.58. The number of likely N-dealkylation sites (tertiary alicyclic amines) is 1. The van der Waals surface area contributed by atoms with E-state index in [1.165, 1.54) is 24.9 Å². The van der Waals surface area contributed by atoms with Gasteiger partial charge in [-0.3, -0.25) is 9.69 Å². The van der Waals surface area contributed by atoms with E-state index < -0.39 is 0 Å². The molecule has 0 aliphatic carbocycles. The third-order valence-electron chi connectivity index (χ3n) is 4.12. The van der Waals surface area contributed by atoms with Crippen molar-refractivity contribution in [2.75, 3.05) is 31.1 Å². The van der Waals surface area contributed by atoms with E-state index in [4.69, 9.17) is 0 Å². The zero-order valence-electron chi connectivity index (χ0n) is 13.6. The summed E-state index contributed by atoms with van der Waals surface area (Å²) in [5.41, 5.74) is 1.38. The highest BCUT2D eigenvalue weighted by atomic mass is 32.2. The highest BCUT2D eigenvalue weighted by molar-refractivity contribution is 7.99. The third-order valence-corrected chi connectivity index (χ3v) is 5.02. The Kier molecular flexibility index (Phi) is 7.81. The highest BCUT2D eigenvalue weighted by Crippen LogP contribution is 2.18. The monoisotopic (exact) mass is 320 g/mol. The lowest BCUT2D eigenvalue weighted by atomic mass is 9.97. The van der Waals surface area contributed by atoms with Gasteiger partial charge in [0.05, 0.1) is 0 Å². The maximum atomic E-state index is 11.8. The molecule has 1 aliphatic rings. The van der Waals surface area contributed by atoms with Crippen LogP contribution in [-0.4, -0.2) is 41.9 Å². The van der Waals surface area contributed by atoms with E-state index >= 15 is 0 Å². The van der Waals surface area contributed by atoms with Crippen LogP contribution in [-0.2, 0) is 11.3 Å². The Hall–Kier alpha value is -1.00. The van der Waals surface area contributed by atoms with Gasteiger partial charge < -0.3 is 5.32 Å². The number of carbonyl (C=O) groups excluding carboxylic acids is 1. The molecule has 1 fully saturated rings. The van der Waals surface area contributed by atoms with Gasteiger partial charge >= 0.3 is 0 Å². The molecule has 1 unspecified atom stereocenters. The lowest BCUT2D eigenvalue weighted by molar-refractivity contribution is -0.120. The average Bonchev–Trinajstić information content (AvgIpc) is 2.55. The molecule has 0 spiro atoms. The SMILES string of the molecule is CCSCCC(=O)NCC1CCCN(Cc2ccccc2)C1. The van der Waals surface area contributed by atoms with E-state index in [0.717, 1.165) is 31.1 Å². The van der Waals surface area contributed by atoms with Gasteiger partial charge in [-0.05, 0) is 36.6 Å². The standard InChI is InChI=1S/C18H28N2OS/c1-2-22-12-10-18(21)19-13-17-9-6-11-20(15-17)14-16-7-4-3-5-8-16/h3-5,7-8,17H,2,6,9-15H2,1H3,(H,19,21).